The molecule has 1 aliphatic rings. The van der Waals surface area contributed by atoms with E-state index in [1.165, 1.54) is 0 Å². The van der Waals surface area contributed by atoms with Crippen LogP contribution in [0, 0.1) is 6.92 Å². The second kappa shape index (κ2) is 6.46. The fraction of sp³-hybridized carbons (Fsp3) is 0.375. The van der Waals surface area contributed by atoms with Gasteiger partial charge in [-0.1, -0.05) is 30.3 Å². The van der Waals surface area contributed by atoms with Crippen LogP contribution in [0.25, 0.3) is 0 Å². The molecule has 0 aliphatic carbocycles. The number of nitrogens with two attached hydrogens (primary N) is 1. The minimum Gasteiger partial charge on any atom is -0.368 e. The zero-order valence-corrected chi connectivity index (χ0v) is 13.4. The number of rotatable bonds is 4. The summed E-state index contributed by atoms with van der Waals surface area (Å²) in [5.41, 5.74) is 7.67. The van der Waals surface area contributed by atoms with Crippen molar-refractivity contribution in [1.82, 2.24) is 9.88 Å². The monoisotopic (exact) mass is 316 g/mol. The van der Waals surface area contributed by atoms with E-state index in [0.717, 1.165) is 42.6 Å². The maximum atomic E-state index is 11.9. The molecular formula is C16H20N4OS. The smallest absolute Gasteiger partial charge is 0.239 e. The highest BCUT2D eigenvalue weighted by Crippen LogP contribution is 2.25. The van der Waals surface area contributed by atoms with Gasteiger partial charge in [0.05, 0.1) is 5.69 Å². The molecule has 0 bridgehead atoms. The van der Waals surface area contributed by atoms with Gasteiger partial charge in [-0.05, 0) is 12.5 Å². The predicted molar refractivity (Wildman–Crippen MR) is 89.0 cm³/mol. The lowest BCUT2D eigenvalue weighted by atomic mass is 10.0. The lowest BCUT2D eigenvalue weighted by Gasteiger charge is -2.38. The first-order valence-corrected chi connectivity index (χ1v) is 8.28. The SMILES string of the molecule is Cc1csc(N2CCN([C@@H](C(N)=O)c3ccccc3)CC2)n1. The van der Waals surface area contributed by atoms with Gasteiger partial charge in [0.1, 0.15) is 6.04 Å². The number of carbonyl (C=O) groups excluding carboxylic acids is 1. The van der Waals surface area contributed by atoms with Gasteiger partial charge in [0.15, 0.2) is 5.13 Å². The second-order valence-electron chi connectivity index (χ2n) is 5.51. The van der Waals surface area contributed by atoms with E-state index in [9.17, 15) is 4.79 Å². The Labute approximate surface area is 134 Å². The van der Waals surface area contributed by atoms with Gasteiger partial charge < -0.3 is 10.6 Å². The van der Waals surface area contributed by atoms with Crippen LogP contribution < -0.4 is 10.6 Å². The number of aryl methyl sites for hydroxylation is 1. The highest BCUT2D eigenvalue weighted by atomic mass is 32.1. The fourth-order valence-corrected chi connectivity index (χ4v) is 3.71. The molecule has 5 nitrogen and oxygen atoms in total. The molecule has 2 heterocycles. The second-order valence-corrected chi connectivity index (χ2v) is 6.35. The first-order valence-electron chi connectivity index (χ1n) is 7.40. The van der Waals surface area contributed by atoms with Crippen LogP contribution >= 0.6 is 11.3 Å². The van der Waals surface area contributed by atoms with Crippen LogP contribution in [0.5, 0.6) is 0 Å². The normalized spacial score (nSPS) is 17.4. The zero-order valence-electron chi connectivity index (χ0n) is 12.6. The Bertz CT molecular complexity index is 635. The van der Waals surface area contributed by atoms with Gasteiger partial charge in [0.25, 0.3) is 0 Å². The summed E-state index contributed by atoms with van der Waals surface area (Å²) in [6.07, 6.45) is 0. The van der Waals surface area contributed by atoms with Gasteiger partial charge in [-0.25, -0.2) is 4.98 Å². The molecule has 1 aromatic carbocycles. The van der Waals surface area contributed by atoms with Crippen molar-refractivity contribution >= 4 is 22.4 Å². The van der Waals surface area contributed by atoms with Crippen molar-refractivity contribution in [3.8, 4) is 0 Å². The maximum Gasteiger partial charge on any atom is 0.239 e. The topological polar surface area (TPSA) is 62.5 Å². The first-order chi connectivity index (χ1) is 10.6. The van der Waals surface area contributed by atoms with Crippen LogP contribution in [0.2, 0.25) is 0 Å². The Morgan fingerprint density at radius 3 is 2.45 bits per heavy atom. The van der Waals surface area contributed by atoms with Crippen molar-refractivity contribution < 1.29 is 4.79 Å². The van der Waals surface area contributed by atoms with Gasteiger partial charge in [-0.2, -0.15) is 0 Å². The first kappa shape index (κ1) is 15.0. The van der Waals surface area contributed by atoms with Gasteiger partial charge >= 0.3 is 0 Å². The average molecular weight is 316 g/mol. The van der Waals surface area contributed by atoms with Crippen LogP contribution in [0.1, 0.15) is 17.3 Å². The predicted octanol–water partition coefficient (Wildman–Crippen LogP) is 1.80. The standard InChI is InChI=1S/C16H20N4OS/c1-12-11-22-16(18-12)20-9-7-19(8-10-20)14(15(17)21)13-5-3-2-4-6-13/h2-6,11,14H,7-10H2,1H3,(H2,17,21)/t14-/m1/s1. The molecule has 1 amide bonds. The molecule has 22 heavy (non-hydrogen) atoms. The van der Waals surface area contributed by atoms with Crippen LogP contribution in [0.4, 0.5) is 5.13 Å². The van der Waals surface area contributed by atoms with Crippen LogP contribution in [0.15, 0.2) is 35.7 Å². The van der Waals surface area contributed by atoms with Crippen LogP contribution in [-0.4, -0.2) is 42.0 Å². The lowest BCUT2D eigenvalue weighted by Crippen LogP contribution is -2.50. The number of carbonyl (C=O) groups is 1. The lowest BCUT2D eigenvalue weighted by molar-refractivity contribution is -0.123. The van der Waals surface area contributed by atoms with Crippen molar-refractivity contribution in [1.29, 1.82) is 0 Å². The Balaban J connectivity index is 1.70. The summed E-state index contributed by atoms with van der Waals surface area (Å²) in [7, 11) is 0. The highest BCUT2D eigenvalue weighted by Gasteiger charge is 2.29. The molecular weight excluding hydrogens is 296 g/mol. The molecule has 116 valence electrons. The minimum absolute atomic E-state index is 0.287. The average Bonchev–Trinajstić information content (AvgIpc) is 2.95. The van der Waals surface area contributed by atoms with E-state index in [1.54, 1.807) is 11.3 Å². The molecule has 0 unspecified atom stereocenters. The summed E-state index contributed by atoms with van der Waals surface area (Å²) in [4.78, 5) is 20.9. The van der Waals surface area contributed by atoms with Gasteiger partial charge in [0.2, 0.25) is 5.91 Å². The number of piperazine rings is 1. The maximum absolute atomic E-state index is 11.9. The quantitative estimate of drug-likeness (QED) is 0.934. The molecule has 3 rings (SSSR count). The molecule has 1 aliphatic heterocycles. The number of hydrogen-bond donors (Lipinski definition) is 1. The number of primary amides is 1. The molecule has 6 heteroatoms. The summed E-state index contributed by atoms with van der Waals surface area (Å²) in [5.74, 6) is -0.287. The summed E-state index contributed by atoms with van der Waals surface area (Å²) < 4.78 is 0. The molecule has 0 radical (unpaired) electrons. The van der Waals surface area contributed by atoms with Gasteiger partial charge in [-0.3, -0.25) is 9.69 Å². The Hall–Kier alpha value is -1.92. The summed E-state index contributed by atoms with van der Waals surface area (Å²) in [6.45, 7) is 5.35. The summed E-state index contributed by atoms with van der Waals surface area (Å²) in [6, 6.07) is 9.42. The number of hydrogen-bond acceptors (Lipinski definition) is 5. The molecule has 0 saturated carbocycles. The number of anilines is 1. The molecule has 1 aromatic heterocycles. The molecule has 1 atom stereocenters. The Morgan fingerprint density at radius 1 is 1.23 bits per heavy atom. The minimum atomic E-state index is -0.346. The van der Waals surface area contributed by atoms with Crippen LogP contribution in [0.3, 0.4) is 0 Å². The van der Waals surface area contributed by atoms with E-state index in [1.807, 2.05) is 37.3 Å². The molecule has 1 saturated heterocycles. The zero-order chi connectivity index (χ0) is 15.5. The van der Waals surface area contributed by atoms with Crippen molar-refractivity contribution in [2.75, 3.05) is 31.1 Å². The van der Waals surface area contributed by atoms with Crippen LogP contribution in [-0.2, 0) is 4.79 Å². The number of benzene rings is 1. The van der Waals surface area contributed by atoms with E-state index in [0.29, 0.717) is 0 Å². The molecule has 2 N–H and O–H groups in total. The van der Waals surface area contributed by atoms with Crippen molar-refractivity contribution in [2.24, 2.45) is 5.73 Å². The number of amides is 1. The van der Waals surface area contributed by atoms with E-state index >= 15 is 0 Å². The van der Waals surface area contributed by atoms with Gasteiger partial charge in [-0.15, -0.1) is 11.3 Å². The summed E-state index contributed by atoms with van der Waals surface area (Å²) in [5, 5.41) is 3.13. The van der Waals surface area contributed by atoms with Gasteiger partial charge in [0, 0.05) is 31.6 Å². The molecule has 0 spiro atoms. The van der Waals surface area contributed by atoms with Crippen molar-refractivity contribution in [3.05, 3.63) is 47.0 Å². The van der Waals surface area contributed by atoms with E-state index in [-0.39, 0.29) is 11.9 Å². The Morgan fingerprint density at radius 2 is 1.91 bits per heavy atom. The fourth-order valence-electron chi connectivity index (χ4n) is 2.85. The third-order valence-corrected chi connectivity index (χ3v) is 4.96. The van der Waals surface area contributed by atoms with E-state index in [2.05, 4.69) is 20.2 Å². The van der Waals surface area contributed by atoms with Crippen molar-refractivity contribution in [2.45, 2.75) is 13.0 Å². The third-order valence-electron chi connectivity index (χ3n) is 3.94. The number of nitrogens with zero attached hydrogens (tertiary/aromatic N) is 3. The largest absolute Gasteiger partial charge is 0.368 e. The van der Waals surface area contributed by atoms with Crippen molar-refractivity contribution in [3.63, 3.8) is 0 Å². The summed E-state index contributed by atoms with van der Waals surface area (Å²) >= 11 is 1.67. The third kappa shape index (κ3) is 3.13. The number of aromatic nitrogens is 1. The Kier molecular flexibility index (Phi) is 4.40. The van der Waals surface area contributed by atoms with E-state index < -0.39 is 0 Å². The van der Waals surface area contributed by atoms with E-state index in [4.69, 9.17) is 5.73 Å². The highest BCUT2D eigenvalue weighted by molar-refractivity contribution is 7.13. The molecule has 2 aromatic rings. The number of thiazole rings is 1. The molecule has 1 fully saturated rings.